The van der Waals surface area contributed by atoms with Crippen LogP contribution in [-0.4, -0.2) is 5.11 Å². The third-order valence-electron chi connectivity index (χ3n) is 3.53. The summed E-state index contributed by atoms with van der Waals surface area (Å²) in [7, 11) is 0. The smallest absolute Gasteiger partial charge is 0.0950 e. The van der Waals surface area contributed by atoms with Gasteiger partial charge in [-0.05, 0) is 58.1 Å². The van der Waals surface area contributed by atoms with Gasteiger partial charge in [-0.1, -0.05) is 6.07 Å². The van der Waals surface area contributed by atoms with Crippen LogP contribution < -0.4 is 5.73 Å². The van der Waals surface area contributed by atoms with Crippen molar-refractivity contribution in [1.82, 2.24) is 0 Å². The summed E-state index contributed by atoms with van der Waals surface area (Å²) in [6, 6.07) is 7.91. The molecule has 0 bridgehead atoms. The molecule has 4 heteroatoms. The lowest BCUT2D eigenvalue weighted by molar-refractivity contribution is 0.0398. The van der Waals surface area contributed by atoms with Crippen molar-refractivity contribution in [1.29, 1.82) is 0 Å². The second-order valence-corrected chi connectivity index (χ2v) is 6.77. The van der Waals surface area contributed by atoms with Crippen molar-refractivity contribution < 1.29 is 5.11 Å². The van der Waals surface area contributed by atoms with Crippen molar-refractivity contribution in [3.63, 3.8) is 0 Å². The van der Waals surface area contributed by atoms with Gasteiger partial charge in [-0.15, -0.1) is 11.3 Å². The van der Waals surface area contributed by atoms with E-state index in [4.69, 9.17) is 5.73 Å². The first kappa shape index (κ1) is 12.2. The maximum Gasteiger partial charge on any atom is 0.0950 e. The molecule has 1 heterocycles. The molecule has 2 nitrogen and oxygen atoms in total. The Kier molecular flexibility index (Phi) is 2.96. The van der Waals surface area contributed by atoms with Crippen molar-refractivity contribution >= 4 is 33.0 Å². The second kappa shape index (κ2) is 4.37. The molecule has 1 aliphatic carbocycles. The van der Waals surface area contributed by atoms with Crippen LogP contribution in [0.15, 0.2) is 34.1 Å². The fourth-order valence-electron chi connectivity index (χ4n) is 2.67. The molecule has 18 heavy (non-hydrogen) atoms. The molecule has 0 fully saturated rings. The van der Waals surface area contributed by atoms with Gasteiger partial charge < -0.3 is 10.8 Å². The number of halogens is 1. The Hall–Kier alpha value is -0.840. The maximum absolute atomic E-state index is 10.8. The molecule has 1 aromatic carbocycles. The van der Waals surface area contributed by atoms with E-state index in [-0.39, 0.29) is 0 Å². The van der Waals surface area contributed by atoms with E-state index >= 15 is 0 Å². The highest BCUT2D eigenvalue weighted by atomic mass is 79.9. The van der Waals surface area contributed by atoms with Crippen LogP contribution in [0.5, 0.6) is 0 Å². The summed E-state index contributed by atoms with van der Waals surface area (Å²) in [4.78, 5) is 1.20. The first-order chi connectivity index (χ1) is 8.57. The zero-order valence-corrected chi connectivity index (χ0v) is 12.2. The van der Waals surface area contributed by atoms with Gasteiger partial charge in [-0.2, -0.15) is 0 Å². The number of rotatable bonds is 2. The number of hydrogen-bond acceptors (Lipinski definition) is 3. The molecule has 1 aliphatic rings. The Labute approximate surface area is 119 Å². The van der Waals surface area contributed by atoms with Crippen LogP contribution in [0.2, 0.25) is 0 Å². The van der Waals surface area contributed by atoms with Crippen molar-refractivity contribution in [2.45, 2.75) is 24.9 Å². The molecule has 94 valence electrons. The molecule has 0 spiro atoms. The van der Waals surface area contributed by atoms with Crippen LogP contribution in [0.4, 0.5) is 5.69 Å². The zero-order valence-electron chi connectivity index (χ0n) is 9.82. The zero-order chi connectivity index (χ0) is 12.8. The van der Waals surface area contributed by atoms with E-state index in [0.717, 1.165) is 28.6 Å². The lowest BCUT2D eigenvalue weighted by atomic mass is 9.91. The standard InChI is InChI=1S/C14H14BrNOS/c15-10-6-12(18-8-10)7-14(17)4-3-9-5-11(16)1-2-13(9)14/h1-2,5-6,8,17H,3-4,7,16H2. The van der Waals surface area contributed by atoms with Gasteiger partial charge in [0, 0.05) is 26.8 Å². The Bertz CT molecular complexity index is 595. The molecule has 1 unspecified atom stereocenters. The number of aryl methyl sites for hydroxylation is 1. The van der Waals surface area contributed by atoms with Gasteiger partial charge in [0.2, 0.25) is 0 Å². The van der Waals surface area contributed by atoms with Gasteiger partial charge >= 0.3 is 0 Å². The number of nitrogen functional groups attached to an aromatic ring is 1. The highest BCUT2D eigenvalue weighted by Crippen LogP contribution is 2.41. The Balaban J connectivity index is 1.94. The van der Waals surface area contributed by atoms with Gasteiger partial charge in [-0.3, -0.25) is 0 Å². The Morgan fingerprint density at radius 2 is 2.22 bits per heavy atom. The lowest BCUT2D eigenvalue weighted by Crippen LogP contribution is -2.24. The third-order valence-corrected chi connectivity index (χ3v) is 5.22. The Morgan fingerprint density at radius 3 is 2.94 bits per heavy atom. The molecule has 2 aromatic rings. The highest BCUT2D eigenvalue weighted by Gasteiger charge is 2.37. The van der Waals surface area contributed by atoms with E-state index in [1.165, 1.54) is 10.4 Å². The number of thiophene rings is 1. The lowest BCUT2D eigenvalue weighted by Gasteiger charge is -2.23. The largest absolute Gasteiger partial charge is 0.399 e. The summed E-state index contributed by atoms with van der Waals surface area (Å²) >= 11 is 5.13. The maximum atomic E-state index is 10.8. The SMILES string of the molecule is Nc1ccc2c(c1)CCC2(O)Cc1cc(Br)cs1. The van der Waals surface area contributed by atoms with Gasteiger partial charge in [0.15, 0.2) is 0 Å². The van der Waals surface area contributed by atoms with Gasteiger partial charge in [0.05, 0.1) is 5.60 Å². The number of nitrogens with two attached hydrogens (primary N) is 1. The molecular weight excluding hydrogens is 310 g/mol. The van der Waals surface area contributed by atoms with Crippen LogP contribution >= 0.6 is 27.3 Å². The molecular formula is C14H14BrNOS. The quantitative estimate of drug-likeness (QED) is 0.831. The number of benzene rings is 1. The molecule has 0 saturated heterocycles. The van der Waals surface area contributed by atoms with Crippen molar-refractivity contribution in [3.8, 4) is 0 Å². The summed E-state index contributed by atoms with van der Waals surface area (Å²) in [6.45, 7) is 0. The molecule has 1 aromatic heterocycles. The highest BCUT2D eigenvalue weighted by molar-refractivity contribution is 9.10. The monoisotopic (exact) mass is 323 g/mol. The van der Waals surface area contributed by atoms with Gasteiger partial charge in [0.1, 0.15) is 0 Å². The molecule has 0 aliphatic heterocycles. The summed E-state index contributed by atoms with van der Waals surface area (Å²) in [5, 5.41) is 12.9. The second-order valence-electron chi connectivity index (χ2n) is 4.86. The minimum Gasteiger partial charge on any atom is -0.399 e. The molecule has 3 N–H and O–H groups in total. The van der Waals surface area contributed by atoms with Gasteiger partial charge in [-0.25, -0.2) is 0 Å². The first-order valence-corrected chi connectivity index (χ1v) is 7.58. The topological polar surface area (TPSA) is 46.2 Å². The number of anilines is 1. The average molecular weight is 324 g/mol. The molecule has 1 atom stereocenters. The van der Waals surface area contributed by atoms with Crippen LogP contribution in [0.1, 0.15) is 22.4 Å². The fourth-order valence-corrected chi connectivity index (χ4v) is 4.23. The summed E-state index contributed by atoms with van der Waals surface area (Å²) in [6.07, 6.45) is 2.37. The molecule has 0 radical (unpaired) electrons. The minimum absolute atomic E-state index is 0.681. The number of fused-ring (bicyclic) bond motifs is 1. The predicted octanol–water partition coefficient (Wildman–Crippen LogP) is 3.47. The van der Waals surface area contributed by atoms with Crippen LogP contribution in [0, 0.1) is 0 Å². The Morgan fingerprint density at radius 1 is 1.39 bits per heavy atom. The first-order valence-electron chi connectivity index (χ1n) is 5.91. The van der Waals surface area contributed by atoms with E-state index in [9.17, 15) is 5.11 Å². The number of hydrogen-bond donors (Lipinski definition) is 2. The van der Waals surface area contributed by atoms with Crippen LogP contribution in [0.25, 0.3) is 0 Å². The van der Waals surface area contributed by atoms with Crippen molar-refractivity contribution in [3.05, 3.63) is 50.1 Å². The average Bonchev–Trinajstić information content (AvgIpc) is 2.84. The van der Waals surface area contributed by atoms with Crippen LogP contribution in [-0.2, 0) is 18.4 Å². The van der Waals surface area contributed by atoms with Crippen molar-refractivity contribution in [2.75, 3.05) is 5.73 Å². The minimum atomic E-state index is -0.729. The fraction of sp³-hybridized carbons (Fsp3) is 0.286. The van der Waals surface area contributed by atoms with E-state index in [0.29, 0.717) is 6.42 Å². The number of aliphatic hydroxyl groups is 1. The molecule has 0 amide bonds. The summed E-state index contributed by atoms with van der Waals surface area (Å²) in [5.41, 5.74) is 8.07. The predicted molar refractivity (Wildman–Crippen MR) is 78.8 cm³/mol. The van der Waals surface area contributed by atoms with E-state index in [1.807, 2.05) is 18.2 Å². The molecule has 0 saturated carbocycles. The summed E-state index contributed by atoms with van der Waals surface area (Å²) in [5.74, 6) is 0. The van der Waals surface area contributed by atoms with E-state index in [1.54, 1.807) is 11.3 Å². The van der Waals surface area contributed by atoms with Crippen molar-refractivity contribution in [2.24, 2.45) is 0 Å². The van der Waals surface area contributed by atoms with E-state index < -0.39 is 5.60 Å². The van der Waals surface area contributed by atoms with E-state index in [2.05, 4.69) is 27.4 Å². The van der Waals surface area contributed by atoms with Gasteiger partial charge in [0.25, 0.3) is 0 Å². The third kappa shape index (κ3) is 2.09. The summed E-state index contributed by atoms with van der Waals surface area (Å²) < 4.78 is 1.08. The van der Waals surface area contributed by atoms with Crippen LogP contribution in [0.3, 0.4) is 0 Å². The normalized spacial score (nSPS) is 22.1. The molecule has 3 rings (SSSR count).